The first kappa shape index (κ1) is 13.5. The summed E-state index contributed by atoms with van der Waals surface area (Å²) in [5, 5.41) is 9.62. The van der Waals surface area contributed by atoms with Crippen molar-refractivity contribution in [1.29, 1.82) is 5.26 Å². The highest BCUT2D eigenvalue weighted by atomic mass is 32.1. The lowest BCUT2D eigenvalue weighted by molar-refractivity contribution is 0.820. The van der Waals surface area contributed by atoms with Crippen LogP contribution in [0.4, 0.5) is 0 Å². The standard InChI is InChI=1S/C16H13N3OS/c1-9(11-6-4-3-5-7-11)14-18-15(20)13-10(2)12(8-17)21-16(13)19-14/h3-7,9H,1-2H3,(H,18,19,20). The Kier molecular flexibility index (Phi) is 3.32. The molecule has 104 valence electrons. The van der Waals surface area contributed by atoms with Crippen molar-refractivity contribution in [2.24, 2.45) is 0 Å². The van der Waals surface area contributed by atoms with E-state index in [4.69, 9.17) is 5.26 Å². The molecule has 0 fully saturated rings. The van der Waals surface area contributed by atoms with Gasteiger partial charge in [0, 0.05) is 5.92 Å². The molecular formula is C16H13N3OS. The van der Waals surface area contributed by atoms with Gasteiger partial charge in [0.15, 0.2) is 0 Å². The van der Waals surface area contributed by atoms with E-state index in [2.05, 4.69) is 16.0 Å². The summed E-state index contributed by atoms with van der Waals surface area (Å²) in [4.78, 5) is 20.9. The Balaban J connectivity index is 2.18. The van der Waals surface area contributed by atoms with E-state index in [-0.39, 0.29) is 11.5 Å². The average molecular weight is 295 g/mol. The number of hydrogen-bond donors (Lipinski definition) is 1. The fourth-order valence-electron chi connectivity index (χ4n) is 2.37. The summed E-state index contributed by atoms with van der Waals surface area (Å²) in [6.45, 7) is 3.79. The van der Waals surface area contributed by atoms with Crippen molar-refractivity contribution in [1.82, 2.24) is 9.97 Å². The van der Waals surface area contributed by atoms with Crippen LogP contribution in [0.5, 0.6) is 0 Å². The molecule has 0 radical (unpaired) electrons. The molecule has 0 aliphatic rings. The van der Waals surface area contributed by atoms with Gasteiger partial charge in [-0.15, -0.1) is 11.3 Å². The van der Waals surface area contributed by atoms with Crippen LogP contribution >= 0.6 is 11.3 Å². The molecule has 4 nitrogen and oxygen atoms in total. The second-order valence-electron chi connectivity index (χ2n) is 4.93. The Morgan fingerprint density at radius 3 is 2.71 bits per heavy atom. The quantitative estimate of drug-likeness (QED) is 0.788. The maximum absolute atomic E-state index is 12.3. The van der Waals surface area contributed by atoms with Crippen LogP contribution in [0.25, 0.3) is 10.2 Å². The number of H-pyrrole nitrogens is 1. The van der Waals surface area contributed by atoms with Crippen LogP contribution in [0, 0.1) is 18.3 Å². The molecule has 1 aromatic carbocycles. The lowest BCUT2D eigenvalue weighted by atomic mass is 10.0. The largest absolute Gasteiger partial charge is 0.309 e. The van der Waals surface area contributed by atoms with E-state index in [1.165, 1.54) is 11.3 Å². The Hall–Kier alpha value is -2.45. The first-order valence-electron chi connectivity index (χ1n) is 6.60. The molecule has 1 unspecified atom stereocenters. The number of hydrogen-bond acceptors (Lipinski definition) is 4. The van der Waals surface area contributed by atoms with E-state index < -0.39 is 0 Å². The van der Waals surface area contributed by atoms with Crippen molar-refractivity contribution in [3.05, 3.63) is 62.5 Å². The number of aromatic amines is 1. The van der Waals surface area contributed by atoms with Crippen LogP contribution in [0.2, 0.25) is 0 Å². The zero-order valence-corrected chi connectivity index (χ0v) is 12.5. The molecule has 0 aliphatic heterocycles. The number of benzene rings is 1. The molecule has 0 spiro atoms. The minimum Gasteiger partial charge on any atom is -0.309 e. The summed E-state index contributed by atoms with van der Waals surface area (Å²) in [7, 11) is 0. The number of nitrogens with zero attached hydrogens (tertiary/aromatic N) is 2. The van der Waals surface area contributed by atoms with Gasteiger partial charge in [0.25, 0.3) is 5.56 Å². The van der Waals surface area contributed by atoms with E-state index in [0.29, 0.717) is 26.5 Å². The number of nitrogens with one attached hydrogen (secondary N) is 1. The molecule has 5 heteroatoms. The van der Waals surface area contributed by atoms with E-state index in [9.17, 15) is 4.79 Å². The molecule has 1 N–H and O–H groups in total. The van der Waals surface area contributed by atoms with Crippen molar-refractivity contribution in [2.75, 3.05) is 0 Å². The second-order valence-corrected chi connectivity index (χ2v) is 5.93. The Labute approximate surface area is 125 Å². The normalized spacial score (nSPS) is 12.2. The predicted molar refractivity (Wildman–Crippen MR) is 83.7 cm³/mol. The molecule has 1 atom stereocenters. The van der Waals surface area contributed by atoms with E-state index in [0.717, 1.165) is 5.56 Å². The number of nitriles is 1. The first-order chi connectivity index (χ1) is 10.1. The topological polar surface area (TPSA) is 69.5 Å². The highest BCUT2D eigenvalue weighted by Gasteiger charge is 2.17. The lowest BCUT2D eigenvalue weighted by Crippen LogP contribution is -2.14. The molecule has 0 aliphatic carbocycles. The highest BCUT2D eigenvalue weighted by Crippen LogP contribution is 2.28. The molecule has 21 heavy (non-hydrogen) atoms. The van der Waals surface area contributed by atoms with Crippen LogP contribution in [0.1, 0.15) is 34.7 Å². The minimum absolute atomic E-state index is 0.00348. The third-order valence-electron chi connectivity index (χ3n) is 3.63. The maximum atomic E-state index is 12.3. The zero-order chi connectivity index (χ0) is 15.0. The van der Waals surface area contributed by atoms with Gasteiger partial charge in [-0.1, -0.05) is 37.3 Å². The van der Waals surface area contributed by atoms with Gasteiger partial charge < -0.3 is 4.98 Å². The Bertz CT molecular complexity index is 903. The summed E-state index contributed by atoms with van der Waals surface area (Å²) < 4.78 is 0. The second kappa shape index (κ2) is 5.15. The summed E-state index contributed by atoms with van der Waals surface area (Å²) in [5.41, 5.74) is 1.63. The molecule has 0 bridgehead atoms. The minimum atomic E-state index is -0.173. The van der Waals surface area contributed by atoms with E-state index >= 15 is 0 Å². The van der Waals surface area contributed by atoms with Crippen LogP contribution in [-0.2, 0) is 0 Å². The number of thiophene rings is 1. The van der Waals surface area contributed by atoms with Crippen molar-refractivity contribution in [3.8, 4) is 6.07 Å². The zero-order valence-electron chi connectivity index (χ0n) is 11.7. The van der Waals surface area contributed by atoms with Gasteiger partial charge in [-0.3, -0.25) is 4.79 Å². The van der Waals surface area contributed by atoms with Crippen molar-refractivity contribution in [3.63, 3.8) is 0 Å². The summed E-state index contributed by atoms with van der Waals surface area (Å²) in [6.07, 6.45) is 0. The van der Waals surface area contributed by atoms with Gasteiger partial charge in [0.1, 0.15) is 21.6 Å². The van der Waals surface area contributed by atoms with Crippen molar-refractivity contribution >= 4 is 21.6 Å². The van der Waals surface area contributed by atoms with Gasteiger partial charge in [0.05, 0.1) is 5.39 Å². The average Bonchev–Trinajstić information content (AvgIpc) is 2.84. The fraction of sp³-hybridized carbons (Fsp3) is 0.188. The number of fused-ring (bicyclic) bond motifs is 1. The van der Waals surface area contributed by atoms with Gasteiger partial charge in [-0.2, -0.15) is 5.26 Å². The Morgan fingerprint density at radius 1 is 1.33 bits per heavy atom. The third-order valence-corrected chi connectivity index (χ3v) is 4.72. The van der Waals surface area contributed by atoms with E-state index in [1.54, 1.807) is 6.92 Å². The molecule has 0 saturated heterocycles. The van der Waals surface area contributed by atoms with Crippen molar-refractivity contribution in [2.45, 2.75) is 19.8 Å². The van der Waals surface area contributed by atoms with Crippen LogP contribution < -0.4 is 5.56 Å². The molecule has 0 amide bonds. The van der Waals surface area contributed by atoms with Crippen LogP contribution in [-0.4, -0.2) is 9.97 Å². The van der Waals surface area contributed by atoms with Crippen LogP contribution in [0.3, 0.4) is 0 Å². The molecule has 2 aromatic heterocycles. The van der Waals surface area contributed by atoms with Gasteiger partial charge in [-0.25, -0.2) is 4.98 Å². The fourth-order valence-corrected chi connectivity index (χ4v) is 3.36. The van der Waals surface area contributed by atoms with Gasteiger partial charge in [0.2, 0.25) is 0 Å². The van der Waals surface area contributed by atoms with Gasteiger partial charge >= 0.3 is 0 Å². The van der Waals surface area contributed by atoms with Crippen LogP contribution in [0.15, 0.2) is 35.1 Å². The SMILES string of the molecule is Cc1c(C#N)sc2nc(C(C)c3ccccc3)[nH]c(=O)c12. The summed E-state index contributed by atoms with van der Waals surface area (Å²) in [5.74, 6) is 0.626. The number of aromatic nitrogens is 2. The third kappa shape index (κ3) is 2.24. The molecule has 2 heterocycles. The lowest BCUT2D eigenvalue weighted by Gasteiger charge is -2.10. The molecule has 0 saturated carbocycles. The van der Waals surface area contributed by atoms with E-state index in [1.807, 2.05) is 37.3 Å². The molecular weight excluding hydrogens is 282 g/mol. The van der Waals surface area contributed by atoms with Gasteiger partial charge in [-0.05, 0) is 18.1 Å². The highest BCUT2D eigenvalue weighted by molar-refractivity contribution is 7.19. The molecule has 3 rings (SSSR count). The number of rotatable bonds is 2. The van der Waals surface area contributed by atoms with Crippen molar-refractivity contribution < 1.29 is 0 Å². The maximum Gasteiger partial charge on any atom is 0.259 e. The Morgan fingerprint density at radius 2 is 2.05 bits per heavy atom. The smallest absolute Gasteiger partial charge is 0.259 e. The summed E-state index contributed by atoms with van der Waals surface area (Å²) >= 11 is 1.27. The molecule has 3 aromatic rings. The number of aryl methyl sites for hydroxylation is 1. The first-order valence-corrected chi connectivity index (χ1v) is 7.42. The summed E-state index contributed by atoms with van der Waals surface area (Å²) in [6, 6.07) is 12.0. The monoisotopic (exact) mass is 295 g/mol. The predicted octanol–water partition coefficient (Wildman–Crippen LogP) is 3.32.